The van der Waals surface area contributed by atoms with Crippen LogP contribution in [-0.4, -0.2) is 19.2 Å². The van der Waals surface area contributed by atoms with Crippen LogP contribution in [0.5, 0.6) is 0 Å². The van der Waals surface area contributed by atoms with Gasteiger partial charge in [-0.1, -0.05) is 81.5 Å². The number of hydrogen-bond acceptors (Lipinski definition) is 0. The Balaban J connectivity index is 0.000000288. The maximum atomic E-state index is 17.7. The predicted octanol–water partition coefficient (Wildman–Crippen LogP) is 24.9. The number of fused-ring (bicyclic) bond motifs is 12. The molecule has 0 spiro atoms. The van der Waals surface area contributed by atoms with Crippen molar-refractivity contribution in [3.05, 3.63) is 290 Å². The highest BCUT2D eigenvalue weighted by Gasteiger charge is 2.66. The first kappa shape index (κ1) is 86.1. The first-order valence-corrected chi connectivity index (χ1v) is 34.8. The number of quaternary nitrogens is 1. The van der Waals surface area contributed by atoms with Gasteiger partial charge in [0.2, 0.25) is 5.82 Å². The molecule has 2 N–H and O–H groups in total. The fraction of sp³-hybridized carbons (Fsp3) is 0.241. The maximum Gasteiger partial charge on any atom is 0.200 e. The van der Waals surface area contributed by atoms with Gasteiger partial charge in [-0.05, 0) is 83.8 Å². The van der Waals surface area contributed by atoms with Crippen LogP contribution in [0.2, 0.25) is 0 Å². The smallest absolute Gasteiger partial charge is 0.200 e. The second-order valence-corrected chi connectivity index (χ2v) is 27.8. The molecule has 4 aliphatic rings. The normalized spacial score (nSPS) is 15.9. The van der Waals surface area contributed by atoms with Crippen LogP contribution in [0.3, 0.4) is 0 Å². The van der Waals surface area contributed by atoms with E-state index in [1.807, 2.05) is 0 Å². The van der Waals surface area contributed by atoms with Crippen LogP contribution in [0.1, 0.15) is 146 Å². The molecule has 0 saturated carbocycles. The molecule has 10 aromatic carbocycles. The Morgan fingerprint density at radius 1 is 0.239 bits per heavy atom. The van der Waals surface area contributed by atoms with Crippen molar-refractivity contribution in [3.8, 4) is 55.6 Å². The number of nitrogens with two attached hydrogens (primary N) is 1. The lowest BCUT2D eigenvalue weighted by Gasteiger charge is -2.60. The summed E-state index contributed by atoms with van der Waals surface area (Å²) in [5.74, 6) is -120. The van der Waals surface area contributed by atoms with Crippen molar-refractivity contribution in [1.29, 1.82) is 0 Å². The summed E-state index contributed by atoms with van der Waals surface area (Å²) in [6, 6.07) is -1.82. The Kier molecular flexibility index (Phi) is 23.4. The molecule has 14 rings (SSSR count). The molecule has 620 valence electrons. The summed E-state index contributed by atoms with van der Waals surface area (Å²) in [5.41, 5.74) is -40.9. The van der Waals surface area contributed by atoms with Gasteiger partial charge in [0.15, 0.2) is 204 Å². The van der Waals surface area contributed by atoms with Gasteiger partial charge < -0.3 is 5.32 Å². The predicted molar refractivity (Wildman–Crippen MR) is 345 cm³/mol. The average Bonchev–Trinajstić information content (AvgIpc) is 1.49. The topological polar surface area (TPSA) is 16.6 Å². The summed E-state index contributed by atoms with van der Waals surface area (Å²) >= 11 is 0. The summed E-state index contributed by atoms with van der Waals surface area (Å²) in [4.78, 5) is 0. The van der Waals surface area contributed by atoms with E-state index in [9.17, 15) is 35.1 Å². The van der Waals surface area contributed by atoms with Crippen LogP contribution in [0.4, 0.5) is 158 Å². The zero-order valence-electron chi connectivity index (χ0n) is 58.9. The van der Waals surface area contributed by atoms with E-state index in [4.69, 9.17) is 0 Å². The minimum absolute atomic E-state index is 0.297. The monoisotopic (exact) mass is 1700 g/mol. The van der Waals surface area contributed by atoms with Crippen LogP contribution in [0.25, 0.3) is 55.6 Å². The molecule has 117 heavy (non-hydrogen) atoms. The average molecular weight is 1700 g/mol. The highest BCUT2D eigenvalue weighted by Crippen LogP contribution is 2.74. The number of rotatable bonds is 17. The molecule has 4 aliphatic carbocycles. The maximum absolute atomic E-state index is 17.7. The molecule has 0 fully saturated rings. The summed E-state index contributed by atoms with van der Waals surface area (Å²) < 4.78 is 566. The Hall–Kier alpha value is -10.3. The van der Waals surface area contributed by atoms with Crippen molar-refractivity contribution >= 4 is 6.15 Å². The van der Waals surface area contributed by atoms with Crippen molar-refractivity contribution in [2.24, 2.45) is 5.92 Å². The molecular weight excluding hydrogens is 1660 g/mol. The van der Waals surface area contributed by atoms with Gasteiger partial charge in [0.25, 0.3) is 0 Å². The van der Waals surface area contributed by atoms with Gasteiger partial charge >= 0.3 is 0 Å². The van der Waals surface area contributed by atoms with E-state index in [0.717, 1.165) is 5.92 Å². The lowest BCUT2D eigenvalue weighted by molar-refractivity contribution is -0.656. The van der Waals surface area contributed by atoms with E-state index in [0.29, 0.717) is 12.1 Å². The zero-order chi connectivity index (χ0) is 86.3. The molecule has 5 unspecified atom stereocenters. The number of halogens is 36. The van der Waals surface area contributed by atoms with Crippen LogP contribution < -0.4 is 5.32 Å². The Labute approximate surface area is 634 Å². The molecular formula is C79H44BF36N. The molecule has 10 aromatic rings. The molecule has 0 amide bonds. The van der Waals surface area contributed by atoms with Gasteiger partial charge in [-0.15, -0.1) is 23.3 Å². The standard InChI is InChI=1S/C52H8BF28.C15H33N.C12H2F8/c54-9-1-5-13(33(62)29(9)58)17-21(41(70)49(78)45(74)37(17)66)25(5)53(26-6-2-10(55)30(59)34(63)14(6)18-22(26)42(71)50(79)46(75)38(18)67,27-7-3-11(56)31(60)35(64)15(7)19-23(27)43(72)51(80)47(76)39(19)68)28-8-4-12(57)32(61)36(65)16(8)20-24(28)44(73)52(81)48(77)40(20)69;1-4-7-9-10-13-16-14-12-15(6-3)11-8-5-2;13-4-2-1-3(6(14)7(4)15)5-8(16)10(18)12(20)11(19)9(5)17/h1-4,25-28H;15-16H,4-14H2,1-3H3;1-2H/q-1;;/p+1. The lowest BCUT2D eigenvalue weighted by Crippen LogP contribution is -2.84. The van der Waals surface area contributed by atoms with E-state index in [1.54, 1.807) is 0 Å². The summed E-state index contributed by atoms with van der Waals surface area (Å²) in [6.07, 6.45) is 6.05. The van der Waals surface area contributed by atoms with E-state index < -0.39 is 363 Å². The molecule has 0 aromatic heterocycles. The zero-order valence-corrected chi connectivity index (χ0v) is 58.9. The van der Waals surface area contributed by atoms with Crippen LogP contribution in [0, 0.1) is 215 Å². The summed E-state index contributed by atoms with van der Waals surface area (Å²) in [5, 5.41) is 2.53. The van der Waals surface area contributed by atoms with Gasteiger partial charge in [-0.2, -0.15) is 0 Å². The SMILES string of the molecule is CCCCCC[NH2+]CCC(CC)CCCC.Fc1cc2c(c(F)c1F)-c1c(F)c(F)c(F)c(F)c1C2[B-](C1c2cc(F)c(F)c(F)c2-c2c(F)c(F)c(F)c(F)c21)(C1c2cc(F)c(F)c(F)c2-c2c(F)c(F)c(F)c(F)c21)C1c2cc(F)c(F)c(F)c2-c2c(F)c(F)c(F)c(F)c21.Fc1ccc(-c2c(F)c(F)c(F)c(F)c2F)c(F)c1F. The molecule has 0 heterocycles. The molecule has 0 aliphatic heterocycles. The van der Waals surface area contributed by atoms with Gasteiger partial charge in [-0.3, -0.25) is 0 Å². The van der Waals surface area contributed by atoms with E-state index in [-0.39, 0.29) is 0 Å². The first-order chi connectivity index (χ1) is 55.0. The third-order valence-electron chi connectivity index (χ3n) is 22.0. The first-order valence-electron chi connectivity index (χ1n) is 34.8. The minimum atomic E-state index is -6.62. The highest BCUT2D eigenvalue weighted by atomic mass is 19.2. The van der Waals surface area contributed by atoms with Crippen LogP contribution in [-0.2, 0) is 0 Å². The minimum Gasteiger partial charge on any atom is -0.346 e. The molecule has 1 nitrogen and oxygen atoms in total. The largest absolute Gasteiger partial charge is 0.346 e. The number of benzene rings is 10. The molecule has 0 radical (unpaired) electrons. The molecule has 0 saturated heterocycles. The third kappa shape index (κ3) is 12.8. The summed E-state index contributed by atoms with van der Waals surface area (Å²) in [7, 11) is 0. The second kappa shape index (κ2) is 31.9. The Morgan fingerprint density at radius 2 is 0.496 bits per heavy atom. The second-order valence-electron chi connectivity index (χ2n) is 27.8. The van der Waals surface area contributed by atoms with Gasteiger partial charge in [0.1, 0.15) is 0 Å². The molecule has 38 heteroatoms. The van der Waals surface area contributed by atoms with Crippen molar-refractivity contribution in [3.63, 3.8) is 0 Å². The lowest BCUT2D eigenvalue weighted by atomic mass is 9.01. The van der Waals surface area contributed by atoms with Crippen molar-refractivity contribution < 1.29 is 163 Å². The van der Waals surface area contributed by atoms with E-state index >= 15 is 123 Å². The van der Waals surface area contributed by atoms with Crippen molar-refractivity contribution in [1.82, 2.24) is 0 Å². The van der Waals surface area contributed by atoms with E-state index in [2.05, 4.69) is 26.1 Å². The Morgan fingerprint density at radius 3 is 0.778 bits per heavy atom. The van der Waals surface area contributed by atoms with Gasteiger partial charge in [-0.25, -0.2) is 158 Å². The highest BCUT2D eigenvalue weighted by molar-refractivity contribution is 6.88. The molecule has 5 atom stereocenters. The van der Waals surface area contributed by atoms with Crippen LogP contribution >= 0.6 is 0 Å². The van der Waals surface area contributed by atoms with E-state index in [1.165, 1.54) is 70.9 Å². The third-order valence-corrected chi connectivity index (χ3v) is 22.0. The molecule has 0 bridgehead atoms. The van der Waals surface area contributed by atoms with Crippen molar-refractivity contribution in [2.45, 2.75) is 102 Å². The summed E-state index contributed by atoms with van der Waals surface area (Å²) in [6.45, 7) is 9.63. The van der Waals surface area contributed by atoms with Gasteiger partial charge in [0, 0.05) is 50.1 Å². The van der Waals surface area contributed by atoms with Gasteiger partial charge in [0.05, 0.1) is 24.8 Å². The fourth-order valence-corrected chi connectivity index (χ4v) is 17.2. The number of hydrogen-bond donors (Lipinski definition) is 1. The Bertz CT molecular complexity index is 5280. The quantitative estimate of drug-likeness (QED) is 0.0308. The number of unbranched alkanes of at least 4 members (excludes halogenated alkanes) is 4. The fourth-order valence-electron chi connectivity index (χ4n) is 17.2. The van der Waals surface area contributed by atoms with Crippen LogP contribution in [0.15, 0.2) is 36.4 Å². The van der Waals surface area contributed by atoms with Crippen molar-refractivity contribution in [2.75, 3.05) is 13.1 Å².